The van der Waals surface area contributed by atoms with Gasteiger partial charge in [-0.1, -0.05) is 18.2 Å². The fourth-order valence-corrected chi connectivity index (χ4v) is 0.866. The molecule has 1 rings (SSSR count). The van der Waals surface area contributed by atoms with Crippen molar-refractivity contribution in [3.8, 4) is 0 Å². The van der Waals surface area contributed by atoms with Crippen molar-refractivity contribution in [2.24, 2.45) is 5.73 Å². The molecular weight excluding hydrogens is 152 g/mol. The van der Waals surface area contributed by atoms with Crippen molar-refractivity contribution in [3.05, 3.63) is 24.3 Å². The Morgan fingerprint density at radius 1 is 1.58 bits per heavy atom. The van der Waals surface area contributed by atoms with Crippen LogP contribution in [-0.2, 0) is 4.79 Å². The predicted molar refractivity (Wildman–Crippen MR) is 48.5 cm³/mol. The van der Waals surface area contributed by atoms with Gasteiger partial charge in [-0.15, -0.1) is 0 Å². The molecule has 3 heteroatoms. The van der Waals surface area contributed by atoms with Crippen LogP contribution in [0, 0.1) is 0 Å². The van der Waals surface area contributed by atoms with Gasteiger partial charge in [-0.3, -0.25) is 4.79 Å². The molecule has 0 aliphatic heterocycles. The van der Waals surface area contributed by atoms with Gasteiger partial charge in [0, 0.05) is 18.2 Å². The first-order chi connectivity index (χ1) is 5.74. The highest BCUT2D eigenvalue weighted by Crippen LogP contribution is 2.17. The highest BCUT2D eigenvalue weighted by Gasteiger charge is 2.33. The minimum Gasteiger partial charge on any atom is -0.348 e. The number of amides is 1. The first-order valence-electron chi connectivity index (χ1n) is 4.09. The van der Waals surface area contributed by atoms with Crippen molar-refractivity contribution in [2.45, 2.75) is 25.4 Å². The zero-order valence-electron chi connectivity index (χ0n) is 7.16. The van der Waals surface area contributed by atoms with Gasteiger partial charge in [0.25, 0.3) is 0 Å². The lowest BCUT2D eigenvalue weighted by molar-refractivity contribution is -0.116. The number of hydrogen-bond acceptors (Lipinski definition) is 2. The molecule has 1 saturated carbocycles. The number of carbonyl (C=O) groups excluding carboxylic acids is 1. The first kappa shape index (κ1) is 9.00. The molecule has 0 aromatic heterocycles. The highest BCUT2D eigenvalue weighted by atomic mass is 16.1. The summed E-state index contributed by atoms with van der Waals surface area (Å²) in [4.78, 5) is 11.0. The molecule has 0 radical (unpaired) electrons. The molecule has 2 unspecified atom stereocenters. The molecule has 3 N–H and O–H groups in total. The minimum atomic E-state index is -0.0638. The van der Waals surface area contributed by atoms with Gasteiger partial charge in [-0.2, -0.15) is 0 Å². The van der Waals surface area contributed by atoms with E-state index in [4.69, 9.17) is 5.73 Å². The Hall–Kier alpha value is -1.09. The summed E-state index contributed by atoms with van der Waals surface area (Å²) in [5.41, 5.74) is 5.52. The molecule has 0 saturated heterocycles. The van der Waals surface area contributed by atoms with Crippen LogP contribution in [0.3, 0.4) is 0 Å². The average molecular weight is 166 g/mol. The molecule has 0 bridgehead atoms. The largest absolute Gasteiger partial charge is 0.348 e. The number of hydrogen-bond donors (Lipinski definition) is 2. The van der Waals surface area contributed by atoms with Crippen molar-refractivity contribution in [1.82, 2.24) is 5.32 Å². The van der Waals surface area contributed by atoms with E-state index in [-0.39, 0.29) is 18.0 Å². The molecule has 1 amide bonds. The second-order valence-corrected chi connectivity index (χ2v) is 2.90. The quantitative estimate of drug-likeness (QED) is 0.469. The number of nitrogens with two attached hydrogens (primary N) is 1. The third kappa shape index (κ3) is 2.88. The molecule has 66 valence electrons. The van der Waals surface area contributed by atoms with E-state index in [0.29, 0.717) is 0 Å². The van der Waals surface area contributed by atoms with Crippen LogP contribution in [0.25, 0.3) is 0 Å². The van der Waals surface area contributed by atoms with Crippen molar-refractivity contribution < 1.29 is 4.79 Å². The van der Waals surface area contributed by atoms with Gasteiger partial charge < -0.3 is 11.1 Å². The van der Waals surface area contributed by atoms with E-state index in [1.807, 2.05) is 19.1 Å². The van der Waals surface area contributed by atoms with E-state index >= 15 is 0 Å². The summed E-state index contributed by atoms with van der Waals surface area (Å²) in [5.74, 6) is -0.0638. The number of carbonyl (C=O) groups is 1. The maximum atomic E-state index is 11.0. The van der Waals surface area contributed by atoms with E-state index < -0.39 is 0 Å². The zero-order chi connectivity index (χ0) is 8.97. The fraction of sp³-hybridized carbons (Fsp3) is 0.444. The molecule has 3 nitrogen and oxygen atoms in total. The van der Waals surface area contributed by atoms with Crippen molar-refractivity contribution in [3.63, 3.8) is 0 Å². The van der Waals surface area contributed by atoms with E-state index in [0.717, 1.165) is 6.42 Å². The summed E-state index contributed by atoms with van der Waals surface area (Å²) < 4.78 is 0. The molecule has 0 aromatic carbocycles. The normalized spacial score (nSPS) is 28.2. The summed E-state index contributed by atoms with van der Waals surface area (Å²) in [7, 11) is 0. The number of rotatable bonds is 3. The number of allylic oxidation sites excluding steroid dienone is 3. The Morgan fingerprint density at radius 2 is 2.25 bits per heavy atom. The lowest BCUT2D eigenvalue weighted by Crippen LogP contribution is -2.27. The average Bonchev–Trinajstić information content (AvgIpc) is 2.67. The third-order valence-corrected chi connectivity index (χ3v) is 1.72. The van der Waals surface area contributed by atoms with Gasteiger partial charge in [0.1, 0.15) is 0 Å². The van der Waals surface area contributed by atoms with Gasteiger partial charge in [-0.25, -0.2) is 0 Å². The molecule has 0 aromatic rings. The van der Waals surface area contributed by atoms with Crippen LogP contribution in [0.1, 0.15) is 13.3 Å². The molecule has 1 aliphatic carbocycles. The molecule has 0 spiro atoms. The first-order valence-corrected chi connectivity index (χ1v) is 4.09. The Bertz CT molecular complexity index is 221. The van der Waals surface area contributed by atoms with Gasteiger partial charge >= 0.3 is 0 Å². The monoisotopic (exact) mass is 166 g/mol. The minimum absolute atomic E-state index is 0.0638. The van der Waals surface area contributed by atoms with Crippen LogP contribution in [0.5, 0.6) is 0 Å². The van der Waals surface area contributed by atoms with Crippen molar-refractivity contribution >= 4 is 5.91 Å². The smallest absolute Gasteiger partial charge is 0.244 e. The molecule has 1 fully saturated rings. The SMILES string of the molecule is C/C=C/C=C/C(=O)NC1CC1N. The molecular formula is C9H14N2O. The van der Waals surface area contributed by atoms with E-state index in [1.54, 1.807) is 6.08 Å². The second kappa shape index (κ2) is 4.07. The number of nitrogens with one attached hydrogen (secondary N) is 1. The lowest BCUT2D eigenvalue weighted by atomic mass is 10.4. The van der Waals surface area contributed by atoms with Crippen LogP contribution in [0.2, 0.25) is 0 Å². The fourth-order valence-electron chi connectivity index (χ4n) is 0.866. The predicted octanol–water partition coefficient (Wildman–Crippen LogP) is 0.335. The molecule has 1 aliphatic rings. The summed E-state index contributed by atoms with van der Waals surface area (Å²) >= 11 is 0. The van der Waals surface area contributed by atoms with E-state index in [9.17, 15) is 4.79 Å². The Kier molecular flexibility index (Phi) is 3.05. The highest BCUT2D eigenvalue weighted by molar-refractivity contribution is 5.88. The molecule has 0 heterocycles. The maximum Gasteiger partial charge on any atom is 0.244 e. The zero-order valence-corrected chi connectivity index (χ0v) is 7.16. The van der Waals surface area contributed by atoms with Crippen LogP contribution >= 0.6 is 0 Å². The Morgan fingerprint density at radius 3 is 2.75 bits per heavy atom. The third-order valence-electron chi connectivity index (χ3n) is 1.72. The van der Waals surface area contributed by atoms with Gasteiger partial charge in [-0.05, 0) is 13.3 Å². The van der Waals surface area contributed by atoms with Crippen molar-refractivity contribution in [2.75, 3.05) is 0 Å². The summed E-state index contributed by atoms with van der Waals surface area (Å²) in [6.45, 7) is 1.90. The van der Waals surface area contributed by atoms with Crippen molar-refractivity contribution in [1.29, 1.82) is 0 Å². The van der Waals surface area contributed by atoms with Gasteiger partial charge in [0.2, 0.25) is 5.91 Å². The van der Waals surface area contributed by atoms with E-state index in [2.05, 4.69) is 5.32 Å². The van der Waals surface area contributed by atoms with Crippen LogP contribution in [0.15, 0.2) is 24.3 Å². The lowest BCUT2D eigenvalue weighted by Gasteiger charge is -1.96. The Balaban J connectivity index is 2.20. The summed E-state index contributed by atoms with van der Waals surface area (Å²) in [5, 5.41) is 2.78. The Labute approximate surface area is 72.3 Å². The van der Waals surface area contributed by atoms with Crippen LogP contribution in [-0.4, -0.2) is 18.0 Å². The maximum absolute atomic E-state index is 11.0. The van der Waals surface area contributed by atoms with Gasteiger partial charge in [0.05, 0.1) is 0 Å². The summed E-state index contributed by atoms with van der Waals surface area (Å²) in [6.07, 6.45) is 7.80. The molecule has 12 heavy (non-hydrogen) atoms. The van der Waals surface area contributed by atoms with E-state index in [1.165, 1.54) is 6.08 Å². The van der Waals surface area contributed by atoms with Crippen LogP contribution in [0.4, 0.5) is 0 Å². The summed E-state index contributed by atoms with van der Waals surface area (Å²) in [6, 6.07) is 0.372. The molecule has 2 atom stereocenters. The van der Waals surface area contributed by atoms with Crippen LogP contribution < -0.4 is 11.1 Å². The topological polar surface area (TPSA) is 55.1 Å². The van der Waals surface area contributed by atoms with Gasteiger partial charge in [0.15, 0.2) is 0 Å². The standard InChI is InChI=1S/C9H14N2O/c1-2-3-4-5-9(12)11-8-6-7(8)10/h2-5,7-8H,6,10H2,1H3,(H,11,12)/b3-2+,5-4+. The second-order valence-electron chi connectivity index (χ2n) is 2.90.